The molecule has 0 amide bonds. The topological polar surface area (TPSA) is 16.1 Å². The standard InChI is InChI=1S/C14H24N2/c1-4-6-10-16(11-7-5-2)14-9-8-13(3)12-15-14/h8-9,12H,4-7,10-11H2,1-3H3. The first kappa shape index (κ1) is 13.0. The number of hydrogen-bond acceptors (Lipinski definition) is 2. The molecule has 1 rings (SSSR count). The van der Waals surface area contributed by atoms with Crippen LogP contribution in [0.4, 0.5) is 5.82 Å². The van der Waals surface area contributed by atoms with Crippen molar-refractivity contribution in [1.82, 2.24) is 4.98 Å². The smallest absolute Gasteiger partial charge is 0.128 e. The van der Waals surface area contributed by atoms with E-state index in [9.17, 15) is 0 Å². The summed E-state index contributed by atoms with van der Waals surface area (Å²) >= 11 is 0. The number of pyridine rings is 1. The zero-order valence-corrected chi connectivity index (χ0v) is 10.9. The predicted molar refractivity (Wildman–Crippen MR) is 71.0 cm³/mol. The van der Waals surface area contributed by atoms with E-state index in [0.29, 0.717) is 0 Å². The van der Waals surface area contributed by atoms with Gasteiger partial charge in [0.1, 0.15) is 5.82 Å². The summed E-state index contributed by atoms with van der Waals surface area (Å²) in [5.41, 5.74) is 1.23. The predicted octanol–water partition coefficient (Wildman–Crippen LogP) is 3.80. The lowest BCUT2D eigenvalue weighted by molar-refractivity contribution is 0.671. The van der Waals surface area contributed by atoms with E-state index in [2.05, 4.69) is 42.8 Å². The molecule has 0 aromatic carbocycles. The summed E-state index contributed by atoms with van der Waals surface area (Å²) < 4.78 is 0. The molecule has 0 atom stereocenters. The van der Waals surface area contributed by atoms with Crippen LogP contribution in [0.25, 0.3) is 0 Å². The molecule has 2 nitrogen and oxygen atoms in total. The van der Waals surface area contributed by atoms with Crippen LogP contribution in [-0.2, 0) is 0 Å². The van der Waals surface area contributed by atoms with Crippen molar-refractivity contribution in [1.29, 1.82) is 0 Å². The largest absolute Gasteiger partial charge is 0.357 e. The Morgan fingerprint density at radius 1 is 1.06 bits per heavy atom. The van der Waals surface area contributed by atoms with Gasteiger partial charge in [-0.15, -0.1) is 0 Å². The molecule has 1 aromatic rings. The van der Waals surface area contributed by atoms with Gasteiger partial charge in [0.2, 0.25) is 0 Å². The van der Waals surface area contributed by atoms with Gasteiger partial charge < -0.3 is 4.90 Å². The van der Waals surface area contributed by atoms with Crippen molar-refractivity contribution in [3.8, 4) is 0 Å². The van der Waals surface area contributed by atoms with Crippen LogP contribution < -0.4 is 4.90 Å². The fraction of sp³-hybridized carbons (Fsp3) is 0.643. The fourth-order valence-corrected chi connectivity index (χ4v) is 1.69. The molecular formula is C14H24N2. The van der Waals surface area contributed by atoms with E-state index in [1.54, 1.807) is 0 Å². The first-order valence-corrected chi connectivity index (χ1v) is 6.45. The molecule has 0 aliphatic carbocycles. The molecule has 0 spiro atoms. The maximum absolute atomic E-state index is 4.51. The van der Waals surface area contributed by atoms with Gasteiger partial charge in [-0.3, -0.25) is 0 Å². The lowest BCUT2D eigenvalue weighted by atomic mass is 10.2. The number of aryl methyl sites for hydroxylation is 1. The van der Waals surface area contributed by atoms with E-state index < -0.39 is 0 Å². The highest BCUT2D eigenvalue weighted by atomic mass is 15.2. The van der Waals surface area contributed by atoms with Crippen molar-refractivity contribution >= 4 is 5.82 Å². The molecule has 2 heteroatoms. The normalized spacial score (nSPS) is 10.4. The van der Waals surface area contributed by atoms with Crippen LogP contribution in [0.15, 0.2) is 18.3 Å². The molecular weight excluding hydrogens is 196 g/mol. The average Bonchev–Trinajstić information content (AvgIpc) is 2.31. The molecule has 0 unspecified atom stereocenters. The maximum atomic E-state index is 4.51. The molecule has 0 aliphatic rings. The molecule has 90 valence electrons. The monoisotopic (exact) mass is 220 g/mol. The Kier molecular flexibility index (Phi) is 5.91. The van der Waals surface area contributed by atoms with Crippen LogP contribution in [0.3, 0.4) is 0 Å². The van der Waals surface area contributed by atoms with Crippen LogP contribution in [0, 0.1) is 6.92 Å². The van der Waals surface area contributed by atoms with Crippen molar-refractivity contribution in [2.75, 3.05) is 18.0 Å². The minimum atomic E-state index is 1.13. The van der Waals surface area contributed by atoms with Gasteiger partial charge >= 0.3 is 0 Å². The van der Waals surface area contributed by atoms with Crippen LogP contribution in [0.5, 0.6) is 0 Å². The van der Waals surface area contributed by atoms with Gasteiger partial charge in [0.05, 0.1) is 0 Å². The number of unbranched alkanes of at least 4 members (excludes halogenated alkanes) is 2. The molecule has 0 N–H and O–H groups in total. The van der Waals surface area contributed by atoms with Crippen molar-refractivity contribution in [2.24, 2.45) is 0 Å². The summed E-state index contributed by atoms with van der Waals surface area (Å²) in [6.45, 7) is 8.82. The van der Waals surface area contributed by atoms with Crippen LogP contribution in [0.1, 0.15) is 45.1 Å². The third kappa shape index (κ3) is 4.21. The highest BCUT2D eigenvalue weighted by Crippen LogP contribution is 2.13. The fourth-order valence-electron chi connectivity index (χ4n) is 1.69. The van der Waals surface area contributed by atoms with Gasteiger partial charge in [0.25, 0.3) is 0 Å². The van der Waals surface area contributed by atoms with Crippen molar-refractivity contribution in [3.05, 3.63) is 23.9 Å². The van der Waals surface area contributed by atoms with E-state index in [-0.39, 0.29) is 0 Å². The second kappa shape index (κ2) is 7.26. The van der Waals surface area contributed by atoms with Gasteiger partial charge in [0, 0.05) is 19.3 Å². The Labute approximate surface area is 99.7 Å². The summed E-state index contributed by atoms with van der Waals surface area (Å²) in [7, 11) is 0. The van der Waals surface area contributed by atoms with E-state index in [1.807, 2.05) is 6.20 Å². The lowest BCUT2D eigenvalue weighted by Crippen LogP contribution is -2.26. The van der Waals surface area contributed by atoms with Crippen LogP contribution in [-0.4, -0.2) is 18.1 Å². The van der Waals surface area contributed by atoms with Gasteiger partial charge in [0.15, 0.2) is 0 Å². The zero-order valence-electron chi connectivity index (χ0n) is 10.9. The second-order valence-corrected chi connectivity index (χ2v) is 4.39. The molecule has 0 saturated heterocycles. The van der Waals surface area contributed by atoms with Crippen molar-refractivity contribution < 1.29 is 0 Å². The molecule has 0 aliphatic heterocycles. The van der Waals surface area contributed by atoms with Gasteiger partial charge in [-0.05, 0) is 31.4 Å². The number of nitrogens with zero attached hydrogens (tertiary/aromatic N) is 2. The van der Waals surface area contributed by atoms with Crippen molar-refractivity contribution in [3.63, 3.8) is 0 Å². The Bertz CT molecular complexity index is 271. The Hall–Kier alpha value is -1.05. The first-order chi connectivity index (χ1) is 7.77. The Morgan fingerprint density at radius 3 is 2.12 bits per heavy atom. The summed E-state index contributed by atoms with van der Waals surface area (Å²) in [5, 5.41) is 0. The minimum absolute atomic E-state index is 1.13. The SMILES string of the molecule is CCCCN(CCCC)c1ccc(C)cn1. The number of aromatic nitrogens is 1. The van der Waals surface area contributed by atoms with Crippen molar-refractivity contribution in [2.45, 2.75) is 46.5 Å². The molecule has 0 fully saturated rings. The molecule has 1 heterocycles. The lowest BCUT2D eigenvalue weighted by Gasteiger charge is -2.23. The summed E-state index contributed by atoms with van der Waals surface area (Å²) in [5.74, 6) is 1.13. The van der Waals surface area contributed by atoms with E-state index in [4.69, 9.17) is 0 Å². The van der Waals surface area contributed by atoms with Gasteiger partial charge in [-0.1, -0.05) is 32.8 Å². The maximum Gasteiger partial charge on any atom is 0.128 e. The molecule has 0 saturated carbocycles. The Morgan fingerprint density at radius 2 is 1.69 bits per heavy atom. The Balaban J connectivity index is 2.62. The van der Waals surface area contributed by atoms with E-state index >= 15 is 0 Å². The van der Waals surface area contributed by atoms with E-state index in [0.717, 1.165) is 18.9 Å². The second-order valence-electron chi connectivity index (χ2n) is 4.39. The number of anilines is 1. The summed E-state index contributed by atoms with van der Waals surface area (Å²) in [6, 6.07) is 4.29. The summed E-state index contributed by atoms with van der Waals surface area (Å²) in [4.78, 5) is 6.92. The van der Waals surface area contributed by atoms with Crippen LogP contribution in [0.2, 0.25) is 0 Å². The molecule has 1 aromatic heterocycles. The zero-order chi connectivity index (χ0) is 11.8. The van der Waals surface area contributed by atoms with Gasteiger partial charge in [-0.25, -0.2) is 4.98 Å². The minimum Gasteiger partial charge on any atom is -0.357 e. The third-order valence-corrected chi connectivity index (χ3v) is 2.78. The number of hydrogen-bond donors (Lipinski definition) is 0. The summed E-state index contributed by atoms with van der Waals surface area (Å²) in [6.07, 6.45) is 6.95. The van der Waals surface area contributed by atoms with E-state index in [1.165, 1.54) is 31.2 Å². The third-order valence-electron chi connectivity index (χ3n) is 2.78. The highest BCUT2D eigenvalue weighted by Gasteiger charge is 2.05. The quantitative estimate of drug-likeness (QED) is 0.695. The molecule has 0 bridgehead atoms. The first-order valence-electron chi connectivity index (χ1n) is 6.45. The molecule has 16 heavy (non-hydrogen) atoms. The molecule has 0 radical (unpaired) electrons. The van der Waals surface area contributed by atoms with Gasteiger partial charge in [-0.2, -0.15) is 0 Å². The average molecular weight is 220 g/mol. The van der Waals surface area contributed by atoms with Crippen LogP contribution >= 0.6 is 0 Å². The highest BCUT2D eigenvalue weighted by molar-refractivity contribution is 5.38. The number of rotatable bonds is 7.